The van der Waals surface area contributed by atoms with Gasteiger partial charge in [0.15, 0.2) is 0 Å². The number of aryl methyl sites for hydroxylation is 1. The molecular weight excluding hydrogens is 231 g/mol. The molecule has 0 amide bonds. The lowest BCUT2D eigenvalue weighted by atomic mass is 10.0. The molecule has 0 saturated heterocycles. The van der Waals surface area contributed by atoms with E-state index in [-0.39, 0.29) is 11.6 Å². The van der Waals surface area contributed by atoms with Gasteiger partial charge >= 0.3 is 0 Å². The fourth-order valence-electron chi connectivity index (χ4n) is 2.06. The van der Waals surface area contributed by atoms with Crippen molar-refractivity contribution in [1.29, 1.82) is 0 Å². The first-order chi connectivity index (χ1) is 8.65. The standard InChI is InChI=1S/C14H11FN2O/c1-17-8-16-14-12(6-10(15)7-13(14)17)9-2-4-11(18)5-3-9/h2-8,18H,1H3. The van der Waals surface area contributed by atoms with Gasteiger partial charge < -0.3 is 9.67 Å². The van der Waals surface area contributed by atoms with Crippen molar-refractivity contribution in [3.05, 3.63) is 48.5 Å². The summed E-state index contributed by atoms with van der Waals surface area (Å²) in [6, 6.07) is 9.58. The van der Waals surface area contributed by atoms with Crippen molar-refractivity contribution in [1.82, 2.24) is 9.55 Å². The average Bonchev–Trinajstić information content (AvgIpc) is 2.71. The van der Waals surface area contributed by atoms with Crippen LogP contribution >= 0.6 is 0 Å². The molecular formula is C14H11FN2O. The van der Waals surface area contributed by atoms with Gasteiger partial charge in [-0.15, -0.1) is 0 Å². The molecule has 0 spiro atoms. The number of halogens is 1. The molecule has 0 atom stereocenters. The van der Waals surface area contributed by atoms with Crippen molar-refractivity contribution in [3.63, 3.8) is 0 Å². The van der Waals surface area contributed by atoms with Crippen LogP contribution < -0.4 is 0 Å². The summed E-state index contributed by atoms with van der Waals surface area (Å²) in [6.07, 6.45) is 1.66. The summed E-state index contributed by atoms with van der Waals surface area (Å²) in [5.41, 5.74) is 3.06. The number of benzene rings is 2. The number of hydrogen-bond acceptors (Lipinski definition) is 2. The second-order valence-corrected chi connectivity index (χ2v) is 4.22. The Morgan fingerprint density at radius 3 is 2.61 bits per heavy atom. The minimum absolute atomic E-state index is 0.187. The molecule has 1 heterocycles. The maximum absolute atomic E-state index is 13.6. The number of phenolic OH excluding ortho intramolecular Hbond substituents is 1. The monoisotopic (exact) mass is 242 g/mol. The third-order valence-electron chi connectivity index (χ3n) is 2.97. The lowest BCUT2D eigenvalue weighted by Crippen LogP contribution is -1.87. The molecule has 3 nitrogen and oxygen atoms in total. The average molecular weight is 242 g/mol. The van der Waals surface area contributed by atoms with E-state index in [1.54, 1.807) is 35.2 Å². The summed E-state index contributed by atoms with van der Waals surface area (Å²) >= 11 is 0. The Morgan fingerprint density at radius 2 is 1.89 bits per heavy atom. The Labute approximate surface area is 103 Å². The fourth-order valence-corrected chi connectivity index (χ4v) is 2.06. The summed E-state index contributed by atoms with van der Waals surface area (Å²) in [4.78, 5) is 4.29. The zero-order valence-corrected chi connectivity index (χ0v) is 9.76. The molecule has 4 heteroatoms. The maximum atomic E-state index is 13.6. The number of aromatic nitrogens is 2. The van der Waals surface area contributed by atoms with Crippen LogP contribution in [0.2, 0.25) is 0 Å². The normalized spacial score (nSPS) is 11.0. The zero-order chi connectivity index (χ0) is 12.7. The van der Waals surface area contributed by atoms with E-state index in [9.17, 15) is 9.50 Å². The van der Waals surface area contributed by atoms with Crippen molar-refractivity contribution in [3.8, 4) is 16.9 Å². The summed E-state index contributed by atoms with van der Waals surface area (Å²) in [7, 11) is 1.83. The topological polar surface area (TPSA) is 38.0 Å². The second kappa shape index (κ2) is 3.84. The van der Waals surface area contributed by atoms with E-state index >= 15 is 0 Å². The third kappa shape index (κ3) is 1.62. The van der Waals surface area contributed by atoms with Crippen LogP contribution in [-0.4, -0.2) is 14.7 Å². The van der Waals surface area contributed by atoms with Crippen LogP contribution in [0.1, 0.15) is 0 Å². The van der Waals surface area contributed by atoms with Crippen LogP contribution in [0.15, 0.2) is 42.7 Å². The van der Waals surface area contributed by atoms with Gasteiger partial charge in [-0.2, -0.15) is 0 Å². The molecule has 3 rings (SSSR count). The third-order valence-corrected chi connectivity index (χ3v) is 2.97. The van der Waals surface area contributed by atoms with Gasteiger partial charge in [0.25, 0.3) is 0 Å². The highest BCUT2D eigenvalue weighted by molar-refractivity contribution is 5.92. The van der Waals surface area contributed by atoms with E-state index in [0.29, 0.717) is 0 Å². The van der Waals surface area contributed by atoms with E-state index in [0.717, 1.165) is 22.2 Å². The van der Waals surface area contributed by atoms with E-state index in [4.69, 9.17) is 0 Å². The predicted molar refractivity (Wildman–Crippen MR) is 67.8 cm³/mol. The molecule has 0 bridgehead atoms. The van der Waals surface area contributed by atoms with Crippen molar-refractivity contribution in [2.75, 3.05) is 0 Å². The molecule has 0 aliphatic heterocycles. The Morgan fingerprint density at radius 1 is 1.17 bits per heavy atom. The van der Waals surface area contributed by atoms with Gasteiger partial charge in [0, 0.05) is 12.6 Å². The van der Waals surface area contributed by atoms with E-state index in [1.807, 2.05) is 7.05 Å². The lowest BCUT2D eigenvalue weighted by Gasteiger charge is -2.04. The Bertz CT molecular complexity index is 716. The summed E-state index contributed by atoms with van der Waals surface area (Å²) in [6.45, 7) is 0. The first-order valence-corrected chi connectivity index (χ1v) is 5.55. The molecule has 90 valence electrons. The number of phenols is 1. The number of hydrogen-bond donors (Lipinski definition) is 1. The molecule has 0 fully saturated rings. The van der Waals surface area contributed by atoms with Gasteiger partial charge in [-0.1, -0.05) is 12.1 Å². The number of rotatable bonds is 1. The molecule has 0 radical (unpaired) electrons. The van der Waals surface area contributed by atoms with Gasteiger partial charge in [-0.05, 0) is 29.8 Å². The van der Waals surface area contributed by atoms with Crippen LogP contribution in [0, 0.1) is 5.82 Å². The van der Waals surface area contributed by atoms with Gasteiger partial charge in [0.05, 0.1) is 17.4 Å². The van der Waals surface area contributed by atoms with Gasteiger partial charge in [0.1, 0.15) is 11.6 Å². The Kier molecular flexibility index (Phi) is 2.30. The van der Waals surface area contributed by atoms with Crippen LogP contribution in [0.3, 0.4) is 0 Å². The highest BCUT2D eigenvalue weighted by Gasteiger charge is 2.10. The summed E-state index contributed by atoms with van der Waals surface area (Å²) in [5, 5.41) is 9.28. The number of aromatic hydroxyl groups is 1. The smallest absolute Gasteiger partial charge is 0.126 e. The number of fused-ring (bicyclic) bond motifs is 1. The highest BCUT2D eigenvalue weighted by Crippen LogP contribution is 2.29. The molecule has 0 saturated carbocycles. The first-order valence-electron chi connectivity index (χ1n) is 5.55. The molecule has 0 aliphatic carbocycles. The number of imidazole rings is 1. The first kappa shape index (κ1) is 10.8. The van der Waals surface area contributed by atoms with Crippen LogP contribution in [0.5, 0.6) is 5.75 Å². The van der Waals surface area contributed by atoms with Gasteiger partial charge in [-0.25, -0.2) is 9.37 Å². The summed E-state index contributed by atoms with van der Waals surface area (Å²) < 4.78 is 15.4. The van der Waals surface area contributed by atoms with Crippen molar-refractivity contribution >= 4 is 11.0 Å². The van der Waals surface area contributed by atoms with Crippen molar-refractivity contribution < 1.29 is 9.50 Å². The predicted octanol–water partition coefficient (Wildman–Crippen LogP) is 3.09. The molecule has 1 N–H and O–H groups in total. The Hall–Kier alpha value is -2.36. The van der Waals surface area contributed by atoms with Crippen molar-refractivity contribution in [2.45, 2.75) is 0 Å². The molecule has 1 aromatic heterocycles. The van der Waals surface area contributed by atoms with E-state index in [2.05, 4.69) is 4.98 Å². The Balaban J connectivity index is 2.31. The van der Waals surface area contributed by atoms with Gasteiger partial charge in [0.2, 0.25) is 0 Å². The SMILES string of the molecule is Cn1cnc2c(-c3ccc(O)cc3)cc(F)cc21. The maximum Gasteiger partial charge on any atom is 0.126 e. The van der Waals surface area contributed by atoms with Gasteiger partial charge in [-0.3, -0.25) is 0 Å². The zero-order valence-electron chi connectivity index (χ0n) is 9.76. The summed E-state index contributed by atoms with van der Waals surface area (Å²) in [5.74, 6) is -0.110. The molecule has 18 heavy (non-hydrogen) atoms. The van der Waals surface area contributed by atoms with Crippen molar-refractivity contribution in [2.24, 2.45) is 7.05 Å². The van der Waals surface area contributed by atoms with Crippen LogP contribution in [-0.2, 0) is 7.05 Å². The molecule has 3 aromatic rings. The molecule has 2 aromatic carbocycles. The quantitative estimate of drug-likeness (QED) is 0.712. The fraction of sp³-hybridized carbons (Fsp3) is 0.0714. The molecule has 0 unspecified atom stereocenters. The lowest BCUT2D eigenvalue weighted by molar-refractivity contribution is 0.475. The highest BCUT2D eigenvalue weighted by atomic mass is 19.1. The second-order valence-electron chi connectivity index (χ2n) is 4.22. The van der Waals surface area contributed by atoms with E-state index < -0.39 is 0 Å². The van der Waals surface area contributed by atoms with E-state index in [1.165, 1.54) is 12.1 Å². The largest absolute Gasteiger partial charge is 0.508 e. The minimum Gasteiger partial charge on any atom is -0.508 e. The number of nitrogens with zero attached hydrogens (tertiary/aromatic N) is 2. The minimum atomic E-state index is -0.297. The van der Waals surface area contributed by atoms with Crippen LogP contribution in [0.25, 0.3) is 22.2 Å². The molecule has 0 aliphatic rings. The van der Waals surface area contributed by atoms with Crippen LogP contribution in [0.4, 0.5) is 4.39 Å².